The standard InChI is InChI=1S/C17H34O2/c1-12(2)13(3)19-14(18)17(9,10)16(7,8)11-15(4,5)6/h12-13H,11H2,1-10H3. The lowest BCUT2D eigenvalue weighted by Crippen LogP contribution is -2.44. The van der Waals surface area contributed by atoms with Crippen molar-refractivity contribution in [3.8, 4) is 0 Å². The monoisotopic (exact) mass is 270 g/mol. The van der Waals surface area contributed by atoms with Crippen molar-refractivity contribution in [2.24, 2.45) is 22.2 Å². The Bertz CT molecular complexity index is 306. The van der Waals surface area contributed by atoms with Gasteiger partial charge in [0.05, 0.1) is 5.41 Å². The first-order valence-corrected chi connectivity index (χ1v) is 7.42. The highest BCUT2D eigenvalue weighted by Gasteiger charge is 2.46. The highest BCUT2D eigenvalue weighted by molar-refractivity contribution is 5.77. The zero-order valence-corrected chi connectivity index (χ0v) is 14.7. The molecule has 0 saturated heterocycles. The number of carbonyl (C=O) groups excluding carboxylic acids is 1. The molecule has 0 bridgehead atoms. The van der Waals surface area contributed by atoms with Crippen LogP contribution in [0.2, 0.25) is 0 Å². The van der Waals surface area contributed by atoms with E-state index >= 15 is 0 Å². The first-order chi connectivity index (χ1) is 8.21. The van der Waals surface area contributed by atoms with Crippen LogP contribution in [0.15, 0.2) is 0 Å². The average molecular weight is 270 g/mol. The van der Waals surface area contributed by atoms with Crippen molar-refractivity contribution < 1.29 is 9.53 Å². The molecule has 2 nitrogen and oxygen atoms in total. The molecule has 0 aliphatic heterocycles. The lowest BCUT2D eigenvalue weighted by Gasteiger charge is -2.43. The van der Waals surface area contributed by atoms with Gasteiger partial charge in [-0.15, -0.1) is 0 Å². The summed E-state index contributed by atoms with van der Waals surface area (Å²) in [4.78, 5) is 12.5. The molecule has 114 valence electrons. The van der Waals surface area contributed by atoms with E-state index in [0.29, 0.717) is 5.92 Å². The Kier molecular flexibility index (Phi) is 5.68. The third-order valence-electron chi connectivity index (χ3n) is 4.41. The second-order valence-electron chi connectivity index (χ2n) is 8.60. The van der Waals surface area contributed by atoms with Gasteiger partial charge in [0.15, 0.2) is 0 Å². The van der Waals surface area contributed by atoms with E-state index in [0.717, 1.165) is 6.42 Å². The van der Waals surface area contributed by atoms with Gasteiger partial charge in [0.2, 0.25) is 0 Å². The van der Waals surface area contributed by atoms with Crippen molar-refractivity contribution in [2.75, 3.05) is 0 Å². The number of hydrogen-bond acceptors (Lipinski definition) is 2. The first kappa shape index (κ1) is 18.5. The molecule has 0 fully saturated rings. The Balaban J connectivity index is 4.99. The smallest absolute Gasteiger partial charge is 0.312 e. The second kappa shape index (κ2) is 5.85. The minimum Gasteiger partial charge on any atom is -0.462 e. The number of rotatable bonds is 5. The molecule has 0 heterocycles. The second-order valence-corrected chi connectivity index (χ2v) is 8.60. The lowest BCUT2D eigenvalue weighted by atomic mass is 9.61. The molecule has 0 aliphatic rings. The summed E-state index contributed by atoms with van der Waals surface area (Å²) >= 11 is 0. The van der Waals surface area contributed by atoms with Gasteiger partial charge in [0.1, 0.15) is 6.10 Å². The van der Waals surface area contributed by atoms with Crippen molar-refractivity contribution >= 4 is 5.97 Å². The largest absolute Gasteiger partial charge is 0.462 e. The van der Waals surface area contributed by atoms with E-state index in [1.165, 1.54) is 0 Å². The van der Waals surface area contributed by atoms with Crippen molar-refractivity contribution in [1.82, 2.24) is 0 Å². The summed E-state index contributed by atoms with van der Waals surface area (Å²) in [6.07, 6.45) is 0.954. The van der Waals surface area contributed by atoms with Crippen molar-refractivity contribution in [3.05, 3.63) is 0 Å². The van der Waals surface area contributed by atoms with Crippen LogP contribution in [0, 0.1) is 22.2 Å². The molecule has 0 spiro atoms. The molecule has 19 heavy (non-hydrogen) atoms. The van der Waals surface area contributed by atoms with E-state index < -0.39 is 5.41 Å². The summed E-state index contributed by atoms with van der Waals surface area (Å²) < 4.78 is 5.64. The van der Waals surface area contributed by atoms with Crippen LogP contribution in [-0.4, -0.2) is 12.1 Å². The fourth-order valence-corrected chi connectivity index (χ4v) is 2.28. The molecule has 1 unspecified atom stereocenters. The Morgan fingerprint density at radius 3 is 1.68 bits per heavy atom. The van der Waals surface area contributed by atoms with Crippen molar-refractivity contribution in [1.29, 1.82) is 0 Å². The van der Waals surface area contributed by atoms with Crippen molar-refractivity contribution in [3.63, 3.8) is 0 Å². The summed E-state index contributed by atoms with van der Waals surface area (Å²) in [5, 5.41) is 0. The fraction of sp³-hybridized carbons (Fsp3) is 0.941. The van der Waals surface area contributed by atoms with Gasteiger partial charge in [-0.3, -0.25) is 4.79 Å². The van der Waals surface area contributed by atoms with Crippen LogP contribution in [0.4, 0.5) is 0 Å². The number of hydrogen-bond donors (Lipinski definition) is 0. The number of ether oxygens (including phenoxy) is 1. The maximum Gasteiger partial charge on any atom is 0.312 e. The van der Waals surface area contributed by atoms with E-state index in [2.05, 4.69) is 48.5 Å². The summed E-state index contributed by atoms with van der Waals surface area (Å²) in [6.45, 7) is 21.1. The maximum absolute atomic E-state index is 12.5. The quantitative estimate of drug-likeness (QED) is 0.652. The van der Waals surface area contributed by atoms with Gasteiger partial charge in [-0.2, -0.15) is 0 Å². The molecule has 0 N–H and O–H groups in total. The van der Waals surface area contributed by atoms with Crippen LogP contribution in [0.1, 0.15) is 75.7 Å². The Labute approximate surface area is 120 Å². The molecule has 1 atom stereocenters. The minimum absolute atomic E-state index is 0.0304. The third-order valence-corrected chi connectivity index (χ3v) is 4.41. The predicted octanol–water partition coefficient (Wildman–Crippen LogP) is 5.06. The topological polar surface area (TPSA) is 26.3 Å². The Morgan fingerprint density at radius 1 is 0.947 bits per heavy atom. The lowest BCUT2D eigenvalue weighted by molar-refractivity contribution is -0.169. The zero-order valence-electron chi connectivity index (χ0n) is 14.7. The van der Waals surface area contributed by atoms with Crippen LogP contribution in [0.3, 0.4) is 0 Å². The van der Waals surface area contributed by atoms with E-state index in [1.54, 1.807) is 0 Å². The van der Waals surface area contributed by atoms with Gasteiger partial charge >= 0.3 is 5.97 Å². The molecule has 2 heteroatoms. The van der Waals surface area contributed by atoms with E-state index in [4.69, 9.17) is 4.74 Å². The van der Waals surface area contributed by atoms with E-state index in [9.17, 15) is 4.79 Å². The molecule has 0 aromatic carbocycles. The zero-order chi connectivity index (χ0) is 15.6. The van der Waals surface area contributed by atoms with Crippen LogP contribution < -0.4 is 0 Å². The van der Waals surface area contributed by atoms with Gasteiger partial charge in [-0.05, 0) is 43.9 Å². The normalized spacial score (nSPS) is 15.5. The average Bonchev–Trinajstić information content (AvgIpc) is 2.12. The SMILES string of the molecule is CC(C)C(C)OC(=O)C(C)(C)C(C)(C)CC(C)(C)C. The molecular formula is C17H34O2. The number of carbonyl (C=O) groups is 1. The van der Waals surface area contributed by atoms with Crippen LogP contribution in [0.5, 0.6) is 0 Å². The Hall–Kier alpha value is -0.530. The van der Waals surface area contributed by atoms with Gasteiger partial charge < -0.3 is 4.74 Å². The summed E-state index contributed by atoms with van der Waals surface area (Å²) in [7, 11) is 0. The summed E-state index contributed by atoms with van der Waals surface area (Å²) in [5.41, 5.74) is -0.382. The molecule has 0 saturated carbocycles. The predicted molar refractivity (Wildman–Crippen MR) is 82.0 cm³/mol. The van der Waals surface area contributed by atoms with Gasteiger partial charge in [-0.1, -0.05) is 48.5 Å². The molecular weight excluding hydrogens is 236 g/mol. The Morgan fingerprint density at radius 2 is 1.37 bits per heavy atom. The minimum atomic E-state index is -0.483. The van der Waals surface area contributed by atoms with Crippen LogP contribution >= 0.6 is 0 Å². The first-order valence-electron chi connectivity index (χ1n) is 7.42. The molecule has 0 aromatic heterocycles. The highest BCUT2D eigenvalue weighted by atomic mass is 16.5. The van der Waals surface area contributed by atoms with Gasteiger partial charge in [0.25, 0.3) is 0 Å². The van der Waals surface area contributed by atoms with E-state index in [-0.39, 0.29) is 22.9 Å². The van der Waals surface area contributed by atoms with Crippen LogP contribution in [0.25, 0.3) is 0 Å². The maximum atomic E-state index is 12.5. The van der Waals surface area contributed by atoms with Gasteiger partial charge in [0, 0.05) is 0 Å². The highest BCUT2D eigenvalue weighted by Crippen LogP contribution is 2.47. The molecule has 0 amide bonds. The molecule has 0 radical (unpaired) electrons. The fourth-order valence-electron chi connectivity index (χ4n) is 2.28. The molecule has 0 aliphatic carbocycles. The van der Waals surface area contributed by atoms with E-state index in [1.807, 2.05) is 20.8 Å². The van der Waals surface area contributed by atoms with Crippen LogP contribution in [-0.2, 0) is 9.53 Å². The summed E-state index contributed by atoms with van der Waals surface area (Å²) in [6, 6.07) is 0. The van der Waals surface area contributed by atoms with Crippen molar-refractivity contribution in [2.45, 2.75) is 81.8 Å². The molecule has 0 aromatic rings. The summed E-state index contributed by atoms with van der Waals surface area (Å²) in [5.74, 6) is 0.272. The molecule has 0 rings (SSSR count). The van der Waals surface area contributed by atoms with Gasteiger partial charge in [-0.25, -0.2) is 0 Å². The number of esters is 1. The third kappa shape index (κ3) is 5.16.